The summed E-state index contributed by atoms with van der Waals surface area (Å²) in [5.74, 6) is 0.102. The van der Waals surface area contributed by atoms with Crippen LogP contribution in [0.2, 0.25) is 0 Å². The van der Waals surface area contributed by atoms with Crippen LogP contribution in [0.15, 0.2) is 21.2 Å². The van der Waals surface area contributed by atoms with Gasteiger partial charge in [0.1, 0.15) is 11.2 Å². The van der Waals surface area contributed by atoms with Crippen molar-refractivity contribution >= 4 is 27.7 Å². The summed E-state index contributed by atoms with van der Waals surface area (Å²) >= 11 is 3.27. The predicted octanol–water partition coefficient (Wildman–Crippen LogP) is 4.19. The van der Waals surface area contributed by atoms with E-state index in [4.69, 9.17) is 9.15 Å². The molecule has 0 amide bonds. The molecular formula is C16H19BrO4. The first-order valence-electron chi connectivity index (χ1n) is 7.39. The maximum absolute atomic E-state index is 13.1. The summed E-state index contributed by atoms with van der Waals surface area (Å²) in [6.07, 6.45) is 4.00. The zero-order valence-corrected chi connectivity index (χ0v) is 13.9. The SMILES string of the molecule is CC1(C)C(=O)OC(c2ccc(Br)o2)C2(CCCCC2)C1=O. The molecule has 1 unspecified atom stereocenters. The molecule has 2 fully saturated rings. The quantitative estimate of drug-likeness (QED) is 0.560. The Morgan fingerprint density at radius 2 is 1.81 bits per heavy atom. The lowest BCUT2D eigenvalue weighted by atomic mass is 9.59. The Hall–Kier alpha value is -1.10. The Bertz CT molecular complexity index is 581. The van der Waals surface area contributed by atoms with E-state index in [1.165, 1.54) is 0 Å². The van der Waals surface area contributed by atoms with Crippen LogP contribution in [-0.2, 0) is 14.3 Å². The molecule has 0 radical (unpaired) electrons. The molecule has 1 aromatic heterocycles. The number of carbonyl (C=O) groups excluding carboxylic acids is 2. The molecule has 1 saturated heterocycles. The van der Waals surface area contributed by atoms with Crippen molar-refractivity contribution in [2.24, 2.45) is 10.8 Å². The number of furan rings is 1. The van der Waals surface area contributed by atoms with Gasteiger partial charge in [-0.3, -0.25) is 9.59 Å². The van der Waals surface area contributed by atoms with Gasteiger partial charge < -0.3 is 9.15 Å². The summed E-state index contributed by atoms with van der Waals surface area (Å²) in [6.45, 7) is 3.34. The first kappa shape index (κ1) is 14.8. The van der Waals surface area contributed by atoms with Crippen LogP contribution in [0.1, 0.15) is 57.8 Å². The number of rotatable bonds is 1. The van der Waals surface area contributed by atoms with Gasteiger partial charge in [-0.2, -0.15) is 0 Å². The van der Waals surface area contributed by atoms with E-state index in [1.807, 2.05) is 0 Å². The van der Waals surface area contributed by atoms with Gasteiger partial charge in [-0.05, 0) is 54.8 Å². The summed E-state index contributed by atoms with van der Waals surface area (Å²) in [5, 5.41) is 0. The molecule has 1 atom stereocenters. The highest BCUT2D eigenvalue weighted by molar-refractivity contribution is 9.10. The molecule has 4 nitrogen and oxygen atoms in total. The lowest BCUT2D eigenvalue weighted by Gasteiger charge is -2.48. The maximum atomic E-state index is 13.1. The molecule has 0 N–H and O–H groups in total. The lowest BCUT2D eigenvalue weighted by Crippen LogP contribution is -2.55. The van der Waals surface area contributed by atoms with E-state index < -0.39 is 22.9 Å². The molecule has 5 heteroatoms. The van der Waals surface area contributed by atoms with E-state index in [1.54, 1.807) is 26.0 Å². The number of ether oxygens (including phenoxy) is 1. The number of esters is 1. The Morgan fingerprint density at radius 3 is 2.38 bits per heavy atom. The molecule has 0 aromatic carbocycles. The topological polar surface area (TPSA) is 56.5 Å². The van der Waals surface area contributed by atoms with Crippen molar-refractivity contribution in [3.05, 3.63) is 22.6 Å². The first-order valence-corrected chi connectivity index (χ1v) is 8.18. The van der Waals surface area contributed by atoms with Crippen molar-refractivity contribution in [2.45, 2.75) is 52.1 Å². The van der Waals surface area contributed by atoms with Gasteiger partial charge in [-0.15, -0.1) is 0 Å². The summed E-state index contributed by atoms with van der Waals surface area (Å²) in [4.78, 5) is 25.3. The summed E-state index contributed by atoms with van der Waals surface area (Å²) < 4.78 is 11.9. The second kappa shape index (κ2) is 4.97. The summed E-state index contributed by atoms with van der Waals surface area (Å²) in [7, 11) is 0. The van der Waals surface area contributed by atoms with E-state index in [-0.39, 0.29) is 5.78 Å². The maximum Gasteiger partial charge on any atom is 0.319 e. The number of Topliss-reactive ketones (excluding diaryl/α,β-unsaturated/α-hetero) is 1. The predicted molar refractivity (Wildman–Crippen MR) is 79.5 cm³/mol. The number of halogens is 1. The monoisotopic (exact) mass is 354 g/mol. The third-order valence-electron chi connectivity index (χ3n) is 4.86. The van der Waals surface area contributed by atoms with Crippen LogP contribution in [-0.4, -0.2) is 11.8 Å². The highest BCUT2D eigenvalue weighted by Gasteiger charge is 2.61. The van der Waals surface area contributed by atoms with Gasteiger partial charge in [0.2, 0.25) is 0 Å². The molecular weight excluding hydrogens is 336 g/mol. The highest BCUT2D eigenvalue weighted by Crippen LogP contribution is 2.55. The molecule has 2 aliphatic rings. The molecule has 1 aliphatic carbocycles. The van der Waals surface area contributed by atoms with E-state index >= 15 is 0 Å². The molecule has 1 saturated carbocycles. The third-order valence-corrected chi connectivity index (χ3v) is 5.28. The zero-order valence-electron chi connectivity index (χ0n) is 12.3. The van der Waals surface area contributed by atoms with Crippen molar-refractivity contribution in [2.75, 3.05) is 0 Å². The minimum atomic E-state index is -1.07. The fourth-order valence-electron chi connectivity index (χ4n) is 3.67. The van der Waals surface area contributed by atoms with Gasteiger partial charge in [-0.1, -0.05) is 19.3 Å². The fraction of sp³-hybridized carbons (Fsp3) is 0.625. The van der Waals surface area contributed by atoms with E-state index in [9.17, 15) is 9.59 Å². The lowest BCUT2D eigenvalue weighted by molar-refractivity contribution is -0.194. The number of ketones is 1. The highest BCUT2D eigenvalue weighted by atomic mass is 79.9. The minimum Gasteiger partial charge on any atom is -0.452 e. The van der Waals surface area contributed by atoms with E-state index in [0.29, 0.717) is 10.4 Å². The first-order chi connectivity index (χ1) is 9.88. The van der Waals surface area contributed by atoms with Crippen LogP contribution in [0.5, 0.6) is 0 Å². The second-order valence-electron chi connectivity index (χ2n) is 6.60. The van der Waals surface area contributed by atoms with Crippen LogP contribution in [0.25, 0.3) is 0 Å². The van der Waals surface area contributed by atoms with Gasteiger partial charge in [0.05, 0.1) is 5.41 Å². The minimum absolute atomic E-state index is 0.00322. The van der Waals surface area contributed by atoms with Gasteiger partial charge in [-0.25, -0.2) is 0 Å². The molecule has 0 bridgehead atoms. The average Bonchev–Trinajstić information content (AvgIpc) is 2.89. The molecule has 2 heterocycles. The standard InChI is InChI=1S/C16H19BrO4/c1-15(2)13(18)16(8-4-3-5-9-16)12(21-14(15)19)10-6-7-11(17)20-10/h6-7,12H,3-5,8-9H2,1-2H3. The largest absolute Gasteiger partial charge is 0.452 e. The number of hydrogen-bond donors (Lipinski definition) is 0. The molecule has 3 rings (SSSR count). The van der Waals surface area contributed by atoms with Crippen molar-refractivity contribution in [3.63, 3.8) is 0 Å². The van der Waals surface area contributed by atoms with Crippen molar-refractivity contribution in [1.82, 2.24) is 0 Å². The van der Waals surface area contributed by atoms with Crippen LogP contribution in [0, 0.1) is 10.8 Å². The van der Waals surface area contributed by atoms with E-state index in [0.717, 1.165) is 32.1 Å². The normalized spacial score (nSPS) is 27.7. The number of carbonyl (C=O) groups is 2. The van der Waals surface area contributed by atoms with Crippen molar-refractivity contribution < 1.29 is 18.7 Å². The van der Waals surface area contributed by atoms with Gasteiger partial charge in [0, 0.05) is 0 Å². The van der Waals surface area contributed by atoms with Crippen LogP contribution >= 0.6 is 15.9 Å². The van der Waals surface area contributed by atoms with Gasteiger partial charge in [0.25, 0.3) is 0 Å². The zero-order chi connectivity index (χ0) is 15.3. The van der Waals surface area contributed by atoms with Crippen molar-refractivity contribution in [3.8, 4) is 0 Å². The Kier molecular flexibility index (Phi) is 3.51. The van der Waals surface area contributed by atoms with Crippen LogP contribution in [0.3, 0.4) is 0 Å². The van der Waals surface area contributed by atoms with Crippen LogP contribution in [0.4, 0.5) is 0 Å². The number of hydrogen-bond acceptors (Lipinski definition) is 4. The van der Waals surface area contributed by atoms with Gasteiger partial charge >= 0.3 is 5.97 Å². The Morgan fingerprint density at radius 1 is 1.14 bits per heavy atom. The summed E-state index contributed by atoms with van der Waals surface area (Å²) in [6, 6.07) is 3.55. The average molecular weight is 355 g/mol. The Balaban J connectivity index is 2.08. The molecule has 21 heavy (non-hydrogen) atoms. The third kappa shape index (κ3) is 2.17. The molecule has 1 aliphatic heterocycles. The van der Waals surface area contributed by atoms with Crippen LogP contribution < -0.4 is 0 Å². The molecule has 1 aromatic rings. The molecule has 114 valence electrons. The fourth-order valence-corrected chi connectivity index (χ4v) is 3.99. The molecule has 1 spiro atoms. The second-order valence-corrected chi connectivity index (χ2v) is 7.38. The Labute approximate surface area is 132 Å². The van der Waals surface area contributed by atoms with E-state index in [2.05, 4.69) is 15.9 Å². The smallest absolute Gasteiger partial charge is 0.319 e. The number of cyclic esters (lactones) is 1. The summed E-state index contributed by atoms with van der Waals surface area (Å²) in [5.41, 5.74) is -1.70. The van der Waals surface area contributed by atoms with Gasteiger partial charge in [0.15, 0.2) is 16.6 Å². The van der Waals surface area contributed by atoms with Crippen molar-refractivity contribution in [1.29, 1.82) is 0 Å².